The highest BCUT2D eigenvalue weighted by atomic mass is 32.2. The van der Waals surface area contributed by atoms with Crippen LogP contribution in [0.4, 0.5) is 5.69 Å². The van der Waals surface area contributed by atoms with Crippen LogP contribution in [-0.2, 0) is 19.2 Å². The number of hydrogen-bond donors (Lipinski definition) is 1. The molecule has 0 aliphatic carbocycles. The van der Waals surface area contributed by atoms with E-state index in [4.69, 9.17) is 17.3 Å². The van der Waals surface area contributed by atoms with Gasteiger partial charge < -0.3 is 5.11 Å². The number of carboxylic acid groups (broad SMARTS) is 1. The second-order valence-electron chi connectivity index (χ2n) is 6.41. The zero-order valence-corrected chi connectivity index (χ0v) is 16.8. The Balaban J connectivity index is 1.83. The molecule has 0 atom stereocenters. The maximum absolute atomic E-state index is 12.9. The molecule has 0 spiro atoms. The third kappa shape index (κ3) is 3.72. The molecule has 1 N–H and O–H groups in total. The lowest BCUT2D eigenvalue weighted by Gasteiger charge is -2.14. The van der Waals surface area contributed by atoms with Crippen molar-refractivity contribution in [3.8, 4) is 0 Å². The Morgan fingerprint density at radius 2 is 1.82 bits per heavy atom. The SMILES string of the molecule is CC(=O)N1C(=O)/C(=C2/SC(=S)N(CCCCCC(=O)O)C2=O)c2ccccc21. The van der Waals surface area contributed by atoms with Gasteiger partial charge in [0, 0.05) is 25.5 Å². The standard InChI is InChI=1S/C19H18N2O5S2/c1-11(22)21-13-8-5-4-7-12(13)15(17(21)25)16-18(26)20(19(27)28-16)10-6-2-3-9-14(23)24/h4-5,7-8H,2-3,6,9-10H2,1H3,(H,23,24)/b16-15+. The summed E-state index contributed by atoms with van der Waals surface area (Å²) >= 11 is 6.38. The zero-order valence-electron chi connectivity index (χ0n) is 15.1. The average Bonchev–Trinajstić information content (AvgIpc) is 3.07. The number of thioether (sulfide) groups is 1. The summed E-state index contributed by atoms with van der Waals surface area (Å²) in [6.07, 6.45) is 1.90. The molecule has 2 aliphatic rings. The number of anilines is 1. The number of fused-ring (bicyclic) bond motifs is 1. The van der Waals surface area contributed by atoms with Crippen LogP contribution in [0.1, 0.15) is 38.2 Å². The van der Waals surface area contributed by atoms with Gasteiger partial charge >= 0.3 is 5.97 Å². The summed E-state index contributed by atoms with van der Waals surface area (Å²) in [4.78, 5) is 51.1. The minimum atomic E-state index is -0.844. The van der Waals surface area contributed by atoms with Gasteiger partial charge in [-0.15, -0.1) is 0 Å². The van der Waals surface area contributed by atoms with Crippen molar-refractivity contribution in [2.75, 3.05) is 11.4 Å². The van der Waals surface area contributed by atoms with Crippen molar-refractivity contribution >= 4 is 63.3 Å². The molecule has 1 aromatic carbocycles. The van der Waals surface area contributed by atoms with E-state index in [0.717, 1.165) is 16.7 Å². The van der Waals surface area contributed by atoms with Crippen molar-refractivity contribution in [1.29, 1.82) is 0 Å². The van der Waals surface area contributed by atoms with Gasteiger partial charge in [-0.05, 0) is 18.9 Å². The van der Waals surface area contributed by atoms with Crippen LogP contribution in [0.15, 0.2) is 29.2 Å². The molecule has 1 fully saturated rings. The van der Waals surface area contributed by atoms with Gasteiger partial charge in [0.2, 0.25) is 5.91 Å². The van der Waals surface area contributed by atoms with Crippen molar-refractivity contribution in [3.63, 3.8) is 0 Å². The van der Waals surface area contributed by atoms with Gasteiger partial charge in [-0.1, -0.05) is 48.6 Å². The Hall–Kier alpha value is -2.52. The third-order valence-corrected chi connectivity index (χ3v) is 5.94. The minimum absolute atomic E-state index is 0.0919. The molecule has 146 valence electrons. The van der Waals surface area contributed by atoms with Crippen molar-refractivity contribution in [1.82, 2.24) is 4.90 Å². The lowest BCUT2D eigenvalue weighted by Crippen LogP contribution is -2.32. The third-order valence-electron chi connectivity index (χ3n) is 4.49. The Kier molecular flexibility index (Phi) is 5.95. The van der Waals surface area contributed by atoms with Crippen LogP contribution in [0.5, 0.6) is 0 Å². The molecule has 2 aliphatic heterocycles. The number of hydrogen-bond acceptors (Lipinski definition) is 6. The number of carbonyl (C=O) groups excluding carboxylic acids is 3. The van der Waals surface area contributed by atoms with E-state index in [2.05, 4.69) is 0 Å². The lowest BCUT2D eigenvalue weighted by molar-refractivity contribution is -0.137. The number of thiocarbonyl (C=S) groups is 1. The van der Waals surface area contributed by atoms with Gasteiger partial charge in [0.25, 0.3) is 11.8 Å². The number of rotatable bonds is 6. The van der Waals surface area contributed by atoms with E-state index in [-0.39, 0.29) is 22.8 Å². The summed E-state index contributed by atoms with van der Waals surface area (Å²) in [7, 11) is 0. The number of benzene rings is 1. The highest BCUT2D eigenvalue weighted by Crippen LogP contribution is 2.44. The van der Waals surface area contributed by atoms with Crippen LogP contribution in [0, 0.1) is 0 Å². The topological polar surface area (TPSA) is 95.0 Å². The van der Waals surface area contributed by atoms with Gasteiger partial charge in [0.1, 0.15) is 4.32 Å². The van der Waals surface area contributed by atoms with E-state index in [1.807, 2.05) is 0 Å². The van der Waals surface area contributed by atoms with Crippen LogP contribution in [0.25, 0.3) is 5.57 Å². The highest BCUT2D eigenvalue weighted by Gasteiger charge is 2.42. The number of carboxylic acids is 1. The summed E-state index contributed by atoms with van der Waals surface area (Å²) in [5.41, 5.74) is 1.22. The van der Waals surface area contributed by atoms with Crippen LogP contribution in [0.2, 0.25) is 0 Å². The predicted octanol–water partition coefficient (Wildman–Crippen LogP) is 2.80. The molecule has 1 aromatic rings. The number of carbonyl (C=O) groups is 4. The lowest BCUT2D eigenvalue weighted by atomic mass is 10.1. The second kappa shape index (κ2) is 8.24. The normalized spacial score (nSPS) is 18.8. The van der Waals surface area contributed by atoms with Gasteiger partial charge in [0.15, 0.2) is 0 Å². The van der Waals surface area contributed by atoms with E-state index in [0.29, 0.717) is 41.4 Å². The molecule has 3 rings (SSSR count). The molecular weight excluding hydrogens is 400 g/mol. The Labute approximate surface area is 171 Å². The van der Waals surface area contributed by atoms with Gasteiger partial charge in [-0.3, -0.25) is 24.1 Å². The van der Waals surface area contributed by atoms with E-state index in [9.17, 15) is 19.2 Å². The number of unbranched alkanes of at least 4 members (excludes halogenated alkanes) is 2. The van der Waals surface area contributed by atoms with E-state index in [1.54, 1.807) is 24.3 Å². The van der Waals surface area contributed by atoms with E-state index in [1.165, 1.54) is 11.8 Å². The molecule has 0 saturated carbocycles. The van der Waals surface area contributed by atoms with Crippen LogP contribution in [-0.4, -0.2) is 44.6 Å². The zero-order chi connectivity index (χ0) is 20.4. The molecule has 3 amide bonds. The predicted molar refractivity (Wildman–Crippen MR) is 110 cm³/mol. The maximum Gasteiger partial charge on any atom is 0.303 e. The van der Waals surface area contributed by atoms with Crippen molar-refractivity contribution < 1.29 is 24.3 Å². The molecule has 0 aromatic heterocycles. The largest absolute Gasteiger partial charge is 0.481 e. The molecule has 7 nitrogen and oxygen atoms in total. The molecule has 9 heteroatoms. The number of amides is 3. The fourth-order valence-corrected chi connectivity index (χ4v) is 4.59. The summed E-state index contributed by atoms with van der Waals surface area (Å²) < 4.78 is 0.359. The smallest absolute Gasteiger partial charge is 0.303 e. The second-order valence-corrected chi connectivity index (χ2v) is 8.05. The fourth-order valence-electron chi connectivity index (χ4n) is 3.21. The monoisotopic (exact) mass is 418 g/mol. The molecule has 0 bridgehead atoms. The molecule has 0 radical (unpaired) electrons. The maximum atomic E-state index is 12.9. The fraction of sp³-hybridized carbons (Fsp3) is 0.316. The summed E-state index contributed by atoms with van der Waals surface area (Å²) in [6.45, 7) is 1.67. The van der Waals surface area contributed by atoms with Crippen molar-refractivity contribution in [2.45, 2.75) is 32.6 Å². The summed E-state index contributed by atoms with van der Waals surface area (Å²) in [6, 6.07) is 6.86. The Morgan fingerprint density at radius 3 is 2.50 bits per heavy atom. The number of aliphatic carboxylic acids is 1. The van der Waals surface area contributed by atoms with Crippen molar-refractivity contribution in [2.24, 2.45) is 0 Å². The summed E-state index contributed by atoms with van der Waals surface area (Å²) in [5.74, 6) is -2.13. The van der Waals surface area contributed by atoms with Gasteiger partial charge in [-0.2, -0.15) is 0 Å². The summed E-state index contributed by atoms with van der Waals surface area (Å²) in [5, 5.41) is 8.68. The van der Waals surface area contributed by atoms with E-state index >= 15 is 0 Å². The van der Waals surface area contributed by atoms with Gasteiger partial charge in [0.05, 0.1) is 16.2 Å². The first-order valence-electron chi connectivity index (χ1n) is 8.77. The van der Waals surface area contributed by atoms with Crippen LogP contribution in [0.3, 0.4) is 0 Å². The Bertz CT molecular complexity index is 925. The van der Waals surface area contributed by atoms with Crippen LogP contribution >= 0.6 is 24.0 Å². The molecule has 1 saturated heterocycles. The first-order chi connectivity index (χ1) is 13.3. The molecule has 28 heavy (non-hydrogen) atoms. The average molecular weight is 418 g/mol. The number of nitrogens with zero attached hydrogens (tertiary/aromatic N) is 2. The first kappa shape index (κ1) is 20.2. The van der Waals surface area contributed by atoms with Gasteiger partial charge in [-0.25, -0.2) is 4.90 Å². The highest BCUT2D eigenvalue weighted by molar-refractivity contribution is 8.26. The molecule has 0 unspecified atom stereocenters. The minimum Gasteiger partial charge on any atom is -0.481 e. The number of para-hydroxylation sites is 1. The van der Waals surface area contributed by atoms with Crippen LogP contribution < -0.4 is 4.90 Å². The Morgan fingerprint density at radius 1 is 1.11 bits per heavy atom. The first-order valence-corrected chi connectivity index (χ1v) is 9.99. The van der Waals surface area contributed by atoms with E-state index < -0.39 is 17.8 Å². The molecule has 2 heterocycles. The molecular formula is C19H18N2O5S2. The quantitative estimate of drug-likeness (QED) is 0.431. The number of imide groups is 1. The van der Waals surface area contributed by atoms with Crippen molar-refractivity contribution in [3.05, 3.63) is 34.7 Å².